The molecular weight excluding hydrogens is 469 g/mol. The van der Waals surface area contributed by atoms with Crippen molar-refractivity contribution in [2.75, 3.05) is 46.6 Å². The molecule has 0 aliphatic heterocycles. The van der Waals surface area contributed by atoms with Crippen LogP contribution in [0.15, 0.2) is 29.3 Å². The number of nitrogens with one attached hydrogen (secondary N) is 2. The molecule has 158 valence electrons. The van der Waals surface area contributed by atoms with Gasteiger partial charge in [0.2, 0.25) is 0 Å². The van der Waals surface area contributed by atoms with E-state index in [0.717, 1.165) is 55.4 Å². The van der Waals surface area contributed by atoms with Crippen LogP contribution in [0.2, 0.25) is 0 Å². The standard InChI is InChI=1S/C20H33N5O2.HI/c1-4-5-13-26-15-16-27-14-11-23-20(21-3)22-10-12-25-17(2)24-18-8-6-7-9-19(18)25;/h6-9H,4-5,10-16H2,1-3H3,(H2,21,22,23);1H. The first kappa shape index (κ1) is 24.6. The number of imidazole rings is 1. The largest absolute Gasteiger partial charge is 0.379 e. The molecule has 0 amide bonds. The summed E-state index contributed by atoms with van der Waals surface area (Å²) in [5, 5.41) is 6.60. The molecule has 2 N–H and O–H groups in total. The van der Waals surface area contributed by atoms with Gasteiger partial charge in [0.25, 0.3) is 0 Å². The Hall–Kier alpha value is -1.39. The quantitative estimate of drug-likeness (QED) is 0.202. The molecule has 0 saturated heterocycles. The summed E-state index contributed by atoms with van der Waals surface area (Å²) in [6.07, 6.45) is 2.27. The Labute approximate surface area is 185 Å². The fourth-order valence-electron chi connectivity index (χ4n) is 2.79. The van der Waals surface area contributed by atoms with Crippen LogP contribution in [0.25, 0.3) is 11.0 Å². The van der Waals surface area contributed by atoms with Crippen molar-refractivity contribution >= 4 is 41.0 Å². The molecular formula is C20H34IN5O2. The third-order valence-corrected chi connectivity index (χ3v) is 4.25. The predicted molar refractivity (Wildman–Crippen MR) is 126 cm³/mol. The minimum atomic E-state index is 0. The smallest absolute Gasteiger partial charge is 0.191 e. The van der Waals surface area contributed by atoms with Gasteiger partial charge in [-0.2, -0.15) is 0 Å². The fraction of sp³-hybridized carbons (Fsp3) is 0.600. The average Bonchev–Trinajstić information content (AvgIpc) is 3.00. The number of hydrogen-bond donors (Lipinski definition) is 2. The third-order valence-electron chi connectivity index (χ3n) is 4.25. The van der Waals surface area contributed by atoms with E-state index in [2.05, 4.69) is 38.2 Å². The molecule has 0 radical (unpaired) electrons. The highest BCUT2D eigenvalue weighted by Gasteiger charge is 2.06. The van der Waals surface area contributed by atoms with Gasteiger partial charge in [0, 0.05) is 33.3 Å². The van der Waals surface area contributed by atoms with Gasteiger partial charge in [0.05, 0.1) is 30.9 Å². The van der Waals surface area contributed by atoms with Gasteiger partial charge in [-0.3, -0.25) is 4.99 Å². The molecule has 0 aliphatic rings. The highest BCUT2D eigenvalue weighted by Crippen LogP contribution is 2.14. The summed E-state index contributed by atoms with van der Waals surface area (Å²) in [4.78, 5) is 8.84. The minimum absolute atomic E-state index is 0. The molecule has 1 heterocycles. The Balaban J connectivity index is 0.00000392. The summed E-state index contributed by atoms with van der Waals surface area (Å²) < 4.78 is 13.2. The summed E-state index contributed by atoms with van der Waals surface area (Å²) in [5.74, 6) is 1.80. The van der Waals surface area contributed by atoms with Crippen molar-refractivity contribution in [2.24, 2.45) is 4.99 Å². The summed E-state index contributed by atoms with van der Waals surface area (Å²) in [5.41, 5.74) is 2.20. The zero-order valence-electron chi connectivity index (χ0n) is 17.2. The van der Waals surface area contributed by atoms with Gasteiger partial charge >= 0.3 is 0 Å². The van der Waals surface area contributed by atoms with Gasteiger partial charge < -0.3 is 24.7 Å². The number of ether oxygens (including phenoxy) is 2. The van der Waals surface area contributed by atoms with E-state index >= 15 is 0 Å². The van der Waals surface area contributed by atoms with Gasteiger partial charge in [-0.05, 0) is 25.5 Å². The molecule has 0 spiro atoms. The lowest BCUT2D eigenvalue weighted by atomic mass is 10.3. The molecule has 0 fully saturated rings. The Morgan fingerprint density at radius 2 is 1.79 bits per heavy atom. The molecule has 1 aromatic carbocycles. The van der Waals surface area contributed by atoms with Crippen molar-refractivity contribution in [1.82, 2.24) is 20.2 Å². The van der Waals surface area contributed by atoms with Gasteiger partial charge in [-0.15, -0.1) is 24.0 Å². The molecule has 2 rings (SSSR count). The molecule has 0 saturated carbocycles. The predicted octanol–water partition coefficient (Wildman–Crippen LogP) is 2.96. The summed E-state index contributed by atoms with van der Waals surface area (Å²) in [6.45, 7) is 9.24. The van der Waals surface area contributed by atoms with E-state index in [1.165, 1.54) is 0 Å². The lowest BCUT2D eigenvalue weighted by molar-refractivity contribution is 0.0487. The maximum atomic E-state index is 5.55. The maximum Gasteiger partial charge on any atom is 0.191 e. The first-order valence-corrected chi connectivity index (χ1v) is 9.78. The number of hydrogen-bond acceptors (Lipinski definition) is 4. The third kappa shape index (κ3) is 8.32. The lowest BCUT2D eigenvalue weighted by Gasteiger charge is -2.13. The van der Waals surface area contributed by atoms with Crippen molar-refractivity contribution in [3.05, 3.63) is 30.1 Å². The van der Waals surface area contributed by atoms with E-state index in [1.807, 2.05) is 25.1 Å². The maximum absolute atomic E-state index is 5.55. The van der Waals surface area contributed by atoms with E-state index < -0.39 is 0 Å². The van der Waals surface area contributed by atoms with Crippen molar-refractivity contribution in [2.45, 2.75) is 33.2 Å². The first-order valence-electron chi connectivity index (χ1n) is 9.78. The number of aryl methyl sites for hydroxylation is 1. The van der Waals surface area contributed by atoms with Crippen LogP contribution in [0.1, 0.15) is 25.6 Å². The van der Waals surface area contributed by atoms with E-state index in [0.29, 0.717) is 26.4 Å². The van der Waals surface area contributed by atoms with E-state index in [9.17, 15) is 0 Å². The monoisotopic (exact) mass is 503 g/mol. The van der Waals surface area contributed by atoms with Crippen LogP contribution in [-0.4, -0.2) is 62.1 Å². The second-order valence-corrected chi connectivity index (χ2v) is 6.30. The topological polar surface area (TPSA) is 72.7 Å². The number of aliphatic imine (C=N–C) groups is 1. The molecule has 0 atom stereocenters. The zero-order chi connectivity index (χ0) is 19.3. The second kappa shape index (κ2) is 14.6. The Morgan fingerprint density at radius 1 is 1.07 bits per heavy atom. The number of fused-ring (bicyclic) bond motifs is 1. The van der Waals surface area contributed by atoms with Crippen molar-refractivity contribution in [3.63, 3.8) is 0 Å². The molecule has 1 aromatic heterocycles. The van der Waals surface area contributed by atoms with Crippen LogP contribution in [0, 0.1) is 6.92 Å². The summed E-state index contributed by atoms with van der Waals surface area (Å²) in [6, 6.07) is 8.21. The molecule has 0 unspecified atom stereocenters. The van der Waals surface area contributed by atoms with Gasteiger partial charge in [0.1, 0.15) is 5.82 Å². The molecule has 7 nitrogen and oxygen atoms in total. The van der Waals surface area contributed by atoms with Crippen LogP contribution < -0.4 is 10.6 Å². The normalized spacial score (nSPS) is 11.5. The number of rotatable bonds is 12. The van der Waals surface area contributed by atoms with Gasteiger partial charge in [-0.25, -0.2) is 4.98 Å². The molecule has 2 aromatic rings. The van der Waals surface area contributed by atoms with Crippen molar-refractivity contribution in [3.8, 4) is 0 Å². The van der Waals surface area contributed by atoms with Crippen LogP contribution in [0.5, 0.6) is 0 Å². The summed E-state index contributed by atoms with van der Waals surface area (Å²) >= 11 is 0. The molecule has 0 aliphatic carbocycles. The van der Waals surface area contributed by atoms with Gasteiger partial charge in [-0.1, -0.05) is 25.5 Å². The Morgan fingerprint density at radius 3 is 2.54 bits per heavy atom. The SMILES string of the molecule is CCCCOCCOCCNC(=NC)NCCn1c(C)nc2ccccc21.I. The number of benzene rings is 1. The number of aromatic nitrogens is 2. The number of unbranched alkanes of at least 4 members (excludes halogenated alkanes) is 1. The Bertz CT molecular complexity index is 705. The number of guanidine groups is 1. The number of halogens is 1. The molecule has 8 heteroatoms. The van der Waals surface area contributed by atoms with Crippen molar-refractivity contribution < 1.29 is 9.47 Å². The minimum Gasteiger partial charge on any atom is -0.379 e. The highest BCUT2D eigenvalue weighted by molar-refractivity contribution is 14.0. The number of para-hydroxylation sites is 2. The fourth-order valence-corrected chi connectivity index (χ4v) is 2.79. The highest BCUT2D eigenvalue weighted by atomic mass is 127. The summed E-state index contributed by atoms with van der Waals surface area (Å²) in [7, 11) is 1.77. The van der Waals surface area contributed by atoms with Crippen LogP contribution in [-0.2, 0) is 16.0 Å². The first-order chi connectivity index (χ1) is 13.3. The zero-order valence-corrected chi connectivity index (χ0v) is 19.6. The number of nitrogens with zero attached hydrogens (tertiary/aromatic N) is 3. The van der Waals surface area contributed by atoms with Crippen LogP contribution in [0.3, 0.4) is 0 Å². The van der Waals surface area contributed by atoms with E-state index in [1.54, 1.807) is 7.05 Å². The van der Waals surface area contributed by atoms with Crippen LogP contribution >= 0.6 is 24.0 Å². The molecule has 0 bridgehead atoms. The lowest BCUT2D eigenvalue weighted by Crippen LogP contribution is -2.40. The Kier molecular flexibility index (Phi) is 12.8. The van der Waals surface area contributed by atoms with Crippen LogP contribution in [0.4, 0.5) is 0 Å². The van der Waals surface area contributed by atoms with Gasteiger partial charge in [0.15, 0.2) is 5.96 Å². The second-order valence-electron chi connectivity index (χ2n) is 6.30. The van der Waals surface area contributed by atoms with E-state index in [-0.39, 0.29) is 24.0 Å². The van der Waals surface area contributed by atoms with E-state index in [4.69, 9.17) is 9.47 Å². The molecule has 28 heavy (non-hydrogen) atoms. The van der Waals surface area contributed by atoms with Crippen molar-refractivity contribution in [1.29, 1.82) is 0 Å². The average molecular weight is 503 g/mol.